The average Bonchev–Trinajstić information content (AvgIpc) is 2.12. The molecule has 0 aromatic carbocycles. The first kappa shape index (κ1) is 10.1. The third-order valence-electron chi connectivity index (χ3n) is 1.74. The Bertz CT molecular complexity index is 334. The van der Waals surface area contributed by atoms with Crippen molar-refractivity contribution in [2.75, 3.05) is 29.5 Å². The first-order valence-electron chi connectivity index (χ1n) is 4.25. The number of nitrogens with zero attached hydrogens (tertiary/aromatic N) is 3. The Labute approximate surface area is 83.1 Å². The van der Waals surface area contributed by atoms with Crippen LogP contribution in [0.25, 0.3) is 0 Å². The van der Waals surface area contributed by atoms with Gasteiger partial charge in [0.25, 0.3) is 0 Å². The van der Waals surface area contributed by atoms with Crippen molar-refractivity contribution in [2.45, 2.75) is 6.92 Å². The summed E-state index contributed by atoms with van der Waals surface area (Å²) >= 11 is 0. The zero-order valence-electron chi connectivity index (χ0n) is 8.07. The number of hydrogen-bond donors (Lipinski definition) is 2. The van der Waals surface area contributed by atoms with Crippen LogP contribution in [0, 0.1) is 12.3 Å². The van der Waals surface area contributed by atoms with Crippen LogP contribution >= 0.6 is 0 Å². The smallest absolute Gasteiger partial charge is 0.223 e. The van der Waals surface area contributed by atoms with Crippen LogP contribution in [-0.2, 0) is 0 Å². The molecule has 0 aliphatic carbocycles. The summed E-state index contributed by atoms with van der Waals surface area (Å²) in [4.78, 5) is 9.70. The second kappa shape index (κ2) is 4.33. The van der Waals surface area contributed by atoms with Crippen LogP contribution in [0.15, 0.2) is 6.07 Å². The van der Waals surface area contributed by atoms with Gasteiger partial charge in [0.15, 0.2) is 0 Å². The number of nitrogen functional groups attached to an aromatic ring is 2. The van der Waals surface area contributed by atoms with Gasteiger partial charge in [-0.25, -0.2) is 0 Å². The lowest BCUT2D eigenvalue weighted by atomic mass is 10.4. The molecule has 5 heteroatoms. The highest BCUT2D eigenvalue weighted by atomic mass is 15.2. The van der Waals surface area contributed by atoms with Crippen LogP contribution in [0.4, 0.5) is 17.6 Å². The van der Waals surface area contributed by atoms with Gasteiger partial charge in [-0.15, -0.1) is 6.42 Å². The zero-order valence-corrected chi connectivity index (χ0v) is 8.07. The van der Waals surface area contributed by atoms with E-state index in [1.807, 2.05) is 11.8 Å². The van der Waals surface area contributed by atoms with E-state index in [0.29, 0.717) is 18.2 Å². The molecule has 1 aromatic rings. The lowest BCUT2D eigenvalue weighted by molar-refractivity contribution is 0.890. The highest BCUT2D eigenvalue weighted by Crippen LogP contribution is 2.13. The van der Waals surface area contributed by atoms with Crippen molar-refractivity contribution >= 4 is 17.6 Å². The molecule has 1 aromatic heterocycles. The topological polar surface area (TPSA) is 81.1 Å². The van der Waals surface area contributed by atoms with Crippen LogP contribution in [0.1, 0.15) is 6.92 Å². The van der Waals surface area contributed by atoms with Crippen LogP contribution in [0.5, 0.6) is 0 Å². The summed E-state index contributed by atoms with van der Waals surface area (Å²) in [6.07, 6.45) is 5.22. The van der Waals surface area contributed by atoms with E-state index in [4.69, 9.17) is 17.9 Å². The molecule has 14 heavy (non-hydrogen) atoms. The third-order valence-corrected chi connectivity index (χ3v) is 1.74. The highest BCUT2D eigenvalue weighted by Gasteiger charge is 2.06. The molecule has 0 fully saturated rings. The molecule has 0 aliphatic heterocycles. The summed E-state index contributed by atoms with van der Waals surface area (Å²) in [5.41, 5.74) is 11.0. The Morgan fingerprint density at radius 2 is 2.21 bits per heavy atom. The lowest BCUT2D eigenvalue weighted by Crippen LogP contribution is -2.24. The SMILES string of the molecule is C#CCN(CC)c1cc(N)nc(N)n1. The lowest BCUT2D eigenvalue weighted by Gasteiger charge is -2.19. The van der Waals surface area contributed by atoms with Crippen molar-refractivity contribution in [3.05, 3.63) is 6.07 Å². The normalized spacial score (nSPS) is 9.43. The molecule has 0 saturated heterocycles. The summed E-state index contributed by atoms with van der Waals surface area (Å²) in [5.74, 6) is 3.71. The van der Waals surface area contributed by atoms with E-state index >= 15 is 0 Å². The molecular weight excluding hydrogens is 178 g/mol. The fraction of sp³-hybridized carbons (Fsp3) is 0.333. The van der Waals surface area contributed by atoms with Crippen molar-refractivity contribution in [2.24, 2.45) is 0 Å². The molecule has 0 amide bonds. The Balaban J connectivity index is 2.98. The van der Waals surface area contributed by atoms with Gasteiger partial charge < -0.3 is 16.4 Å². The van der Waals surface area contributed by atoms with Gasteiger partial charge in [0.2, 0.25) is 5.95 Å². The maximum Gasteiger partial charge on any atom is 0.223 e. The van der Waals surface area contributed by atoms with E-state index in [0.717, 1.165) is 6.54 Å². The van der Waals surface area contributed by atoms with Crippen LogP contribution in [-0.4, -0.2) is 23.1 Å². The molecule has 1 heterocycles. The zero-order chi connectivity index (χ0) is 10.6. The average molecular weight is 191 g/mol. The summed E-state index contributed by atoms with van der Waals surface area (Å²) < 4.78 is 0. The molecule has 0 radical (unpaired) electrons. The van der Waals surface area contributed by atoms with Crippen molar-refractivity contribution < 1.29 is 0 Å². The number of hydrogen-bond acceptors (Lipinski definition) is 5. The first-order valence-corrected chi connectivity index (χ1v) is 4.25. The maximum atomic E-state index is 5.54. The maximum absolute atomic E-state index is 5.54. The number of rotatable bonds is 3. The molecule has 0 bridgehead atoms. The van der Waals surface area contributed by atoms with Crippen molar-refractivity contribution in [1.29, 1.82) is 0 Å². The Morgan fingerprint density at radius 3 is 2.71 bits per heavy atom. The Morgan fingerprint density at radius 1 is 1.50 bits per heavy atom. The second-order valence-corrected chi connectivity index (χ2v) is 2.73. The van der Waals surface area contributed by atoms with Crippen LogP contribution < -0.4 is 16.4 Å². The quantitative estimate of drug-likeness (QED) is 0.662. The summed E-state index contributed by atoms with van der Waals surface area (Å²) in [5, 5.41) is 0. The van der Waals surface area contributed by atoms with Gasteiger partial charge in [-0.3, -0.25) is 0 Å². The molecule has 4 N–H and O–H groups in total. The Hall–Kier alpha value is -1.96. The summed E-state index contributed by atoms with van der Waals surface area (Å²) in [7, 11) is 0. The molecule has 0 unspecified atom stereocenters. The van der Waals surface area contributed by atoms with Crippen LogP contribution in [0.3, 0.4) is 0 Å². The van der Waals surface area contributed by atoms with Gasteiger partial charge in [0.05, 0.1) is 6.54 Å². The minimum absolute atomic E-state index is 0.162. The largest absolute Gasteiger partial charge is 0.383 e. The predicted octanol–water partition coefficient (Wildman–Crippen LogP) is 0.100. The van der Waals surface area contributed by atoms with Crippen LogP contribution in [0.2, 0.25) is 0 Å². The van der Waals surface area contributed by atoms with Gasteiger partial charge in [-0.1, -0.05) is 5.92 Å². The number of anilines is 3. The fourth-order valence-corrected chi connectivity index (χ4v) is 1.10. The van der Waals surface area contributed by atoms with Crippen molar-refractivity contribution in [3.8, 4) is 12.3 Å². The third kappa shape index (κ3) is 2.26. The van der Waals surface area contributed by atoms with E-state index in [9.17, 15) is 0 Å². The minimum atomic E-state index is 0.162. The van der Waals surface area contributed by atoms with E-state index in [-0.39, 0.29) is 5.95 Å². The van der Waals surface area contributed by atoms with E-state index in [2.05, 4.69) is 15.9 Å². The molecular formula is C9H13N5. The molecule has 0 aliphatic rings. The van der Waals surface area contributed by atoms with Crippen molar-refractivity contribution in [1.82, 2.24) is 9.97 Å². The van der Waals surface area contributed by atoms with Gasteiger partial charge in [0, 0.05) is 12.6 Å². The van der Waals surface area contributed by atoms with E-state index in [1.54, 1.807) is 6.07 Å². The monoisotopic (exact) mass is 191 g/mol. The van der Waals surface area contributed by atoms with E-state index in [1.165, 1.54) is 0 Å². The van der Waals surface area contributed by atoms with E-state index < -0.39 is 0 Å². The molecule has 1 rings (SSSR count). The highest BCUT2D eigenvalue weighted by molar-refractivity contribution is 5.50. The fourth-order valence-electron chi connectivity index (χ4n) is 1.10. The molecule has 0 spiro atoms. The van der Waals surface area contributed by atoms with Gasteiger partial charge in [-0.05, 0) is 6.92 Å². The minimum Gasteiger partial charge on any atom is -0.383 e. The number of terminal acetylenes is 1. The molecule has 0 saturated carbocycles. The van der Waals surface area contributed by atoms with Crippen molar-refractivity contribution in [3.63, 3.8) is 0 Å². The standard InChI is InChI=1S/C9H13N5/c1-3-5-14(4-2)8-6-7(10)12-9(11)13-8/h1,6H,4-5H2,2H3,(H4,10,11,12,13). The predicted molar refractivity (Wildman–Crippen MR) is 57.6 cm³/mol. The second-order valence-electron chi connectivity index (χ2n) is 2.73. The number of nitrogens with two attached hydrogens (primary N) is 2. The molecule has 0 atom stereocenters. The summed E-state index contributed by atoms with van der Waals surface area (Å²) in [6, 6.07) is 1.65. The van der Waals surface area contributed by atoms with Gasteiger partial charge >= 0.3 is 0 Å². The van der Waals surface area contributed by atoms with Gasteiger partial charge in [-0.2, -0.15) is 9.97 Å². The first-order chi connectivity index (χ1) is 6.67. The molecule has 74 valence electrons. The van der Waals surface area contributed by atoms with Gasteiger partial charge in [0.1, 0.15) is 11.6 Å². The number of aromatic nitrogens is 2. The molecule has 5 nitrogen and oxygen atoms in total. The summed E-state index contributed by atoms with van der Waals surface area (Å²) in [6.45, 7) is 3.21. The Kier molecular flexibility index (Phi) is 3.13.